The van der Waals surface area contributed by atoms with Gasteiger partial charge in [-0.1, -0.05) is 13.8 Å². The fourth-order valence-corrected chi connectivity index (χ4v) is 1.69. The quantitative estimate of drug-likeness (QED) is 0.775. The first-order valence-corrected chi connectivity index (χ1v) is 6.32. The smallest absolute Gasteiger partial charge is 0.319 e. The zero-order valence-corrected chi connectivity index (χ0v) is 11.7. The van der Waals surface area contributed by atoms with Gasteiger partial charge in [0.05, 0.1) is 17.7 Å². The van der Waals surface area contributed by atoms with Crippen LogP contribution in [0.3, 0.4) is 0 Å². The Morgan fingerprint density at radius 3 is 2.62 bits per heavy atom. The number of halogens is 1. The van der Waals surface area contributed by atoms with Gasteiger partial charge in [-0.3, -0.25) is 4.79 Å². The van der Waals surface area contributed by atoms with Crippen molar-refractivity contribution in [1.29, 1.82) is 5.26 Å². The highest BCUT2D eigenvalue weighted by Gasteiger charge is 2.19. The maximum absolute atomic E-state index is 13.0. The van der Waals surface area contributed by atoms with E-state index in [2.05, 4.69) is 10.6 Å². The lowest BCUT2D eigenvalue weighted by molar-refractivity contribution is -0.137. The van der Waals surface area contributed by atoms with Crippen LogP contribution in [0, 0.1) is 23.1 Å². The lowest BCUT2D eigenvalue weighted by atomic mass is 10.0. The Labute approximate surface area is 121 Å². The van der Waals surface area contributed by atoms with Gasteiger partial charge in [0.1, 0.15) is 11.9 Å². The molecule has 0 heterocycles. The number of hydrogen-bond donors (Lipinski definition) is 3. The van der Waals surface area contributed by atoms with Crippen LogP contribution in [0.15, 0.2) is 18.2 Å². The Morgan fingerprint density at radius 2 is 2.10 bits per heavy atom. The van der Waals surface area contributed by atoms with Crippen LogP contribution in [0.2, 0.25) is 0 Å². The molecule has 0 aliphatic heterocycles. The predicted octanol–water partition coefficient (Wildman–Crippen LogP) is 2.32. The van der Waals surface area contributed by atoms with Crippen LogP contribution in [0.5, 0.6) is 0 Å². The molecule has 1 aromatic rings. The van der Waals surface area contributed by atoms with Gasteiger partial charge in [0.25, 0.3) is 0 Å². The van der Waals surface area contributed by atoms with Crippen LogP contribution >= 0.6 is 0 Å². The van der Waals surface area contributed by atoms with E-state index in [9.17, 15) is 14.0 Å². The van der Waals surface area contributed by atoms with Gasteiger partial charge in [-0.2, -0.15) is 5.26 Å². The van der Waals surface area contributed by atoms with Gasteiger partial charge >= 0.3 is 12.0 Å². The summed E-state index contributed by atoms with van der Waals surface area (Å²) in [6.07, 6.45) is -0.209. The summed E-state index contributed by atoms with van der Waals surface area (Å²) in [5.41, 5.74) is 0.152. The number of carbonyl (C=O) groups is 2. The van der Waals surface area contributed by atoms with Gasteiger partial charge in [0.15, 0.2) is 0 Å². The first-order chi connectivity index (χ1) is 9.83. The molecule has 0 radical (unpaired) electrons. The number of carbonyl (C=O) groups excluding carboxylic acids is 1. The number of nitriles is 1. The third-order valence-corrected chi connectivity index (χ3v) is 2.87. The number of nitrogens with zero attached hydrogens (tertiary/aromatic N) is 1. The van der Waals surface area contributed by atoms with E-state index in [0.29, 0.717) is 0 Å². The lowest BCUT2D eigenvalue weighted by Gasteiger charge is -2.21. The maximum Gasteiger partial charge on any atom is 0.319 e. The molecule has 1 unspecified atom stereocenters. The molecule has 112 valence electrons. The number of carboxylic acid groups (broad SMARTS) is 1. The van der Waals surface area contributed by atoms with E-state index in [-0.39, 0.29) is 23.6 Å². The minimum absolute atomic E-state index is 0.00974. The minimum atomic E-state index is -1.02. The number of nitrogens with one attached hydrogen (secondary N) is 2. The summed E-state index contributed by atoms with van der Waals surface area (Å²) >= 11 is 0. The number of carboxylic acids is 1. The Bertz CT molecular complexity index is 581. The van der Waals surface area contributed by atoms with Crippen molar-refractivity contribution in [3.8, 4) is 6.07 Å². The van der Waals surface area contributed by atoms with Crippen molar-refractivity contribution in [3.05, 3.63) is 29.6 Å². The number of rotatable bonds is 5. The van der Waals surface area contributed by atoms with Crippen LogP contribution in [-0.4, -0.2) is 23.1 Å². The average molecular weight is 293 g/mol. The van der Waals surface area contributed by atoms with Crippen molar-refractivity contribution in [2.45, 2.75) is 26.3 Å². The molecule has 0 bridgehead atoms. The second-order valence-corrected chi connectivity index (χ2v) is 4.85. The summed E-state index contributed by atoms with van der Waals surface area (Å²) in [4.78, 5) is 22.6. The van der Waals surface area contributed by atoms with Gasteiger partial charge in [0.2, 0.25) is 0 Å². The molecule has 1 atom stereocenters. The zero-order chi connectivity index (χ0) is 16.0. The fraction of sp³-hybridized carbons (Fsp3) is 0.357. The molecule has 3 N–H and O–H groups in total. The highest BCUT2D eigenvalue weighted by Crippen LogP contribution is 2.16. The van der Waals surface area contributed by atoms with Gasteiger partial charge in [-0.05, 0) is 24.1 Å². The van der Waals surface area contributed by atoms with Crippen molar-refractivity contribution in [2.24, 2.45) is 5.92 Å². The SMILES string of the molecule is CC(C)C(CC(=O)O)NC(=O)Nc1ccc(F)cc1C#N. The Kier molecular flexibility index (Phi) is 5.67. The normalized spacial score (nSPS) is 11.6. The summed E-state index contributed by atoms with van der Waals surface area (Å²) in [5, 5.41) is 22.6. The molecular weight excluding hydrogens is 277 g/mol. The number of aliphatic carboxylic acids is 1. The van der Waals surface area contributed by atoms with Crippen molar-refractivity contribution >= 4 is 17.7 Å². The second-order valence-electron chi connectivity index (χ2n) is 4.85. The maximum atomic E-state index is 13.0. The fourth-order valence-electron chi connectivity index (χ4n) is 1.69. The molecular formula is C14H16FN3O3. The van der Waals surface area contributed by atoms with Gasteiger partial charge in [-0.25, -0.2) is 9.18 Å². The minimum Gasteiger partial charge on any atom is -0.481 e. The van der Waals surface area contributed by atoms with Crippen LogP contribution < -0.4 is 10.6 Å². The molecule has 0 aliphatic carbocycles. The first kappa shape index (κ1) is 16.4. The Balaban J connectivity index is 2.77. The van der Waals surface area contributed by atoms with E-state index in [0.717, 1.165) is 12.1 Å². The number of benzene rings is 1. The van der Waals surface area contributed by atoms with Crippen LogP contribution in [0.25, 0.3) is 0 Å². The monoisotopic (exact) mass is 293 g/mol. The Morgan fingerprint density at radius 1 is 1.43 bits per heavy atom. The van der Waals surface area contributed by atoms with E-state index >= 15 is 0 Å². The van der Waals surface area contributed by atoms with Crippen molar-refractivity contribution < 1.29 is 19.1 Å². The van der Waals surface area contributed by atoms with E-state index in [1.807, 2.05) is 0 Å². The molecule has 2 amide bonds. The summed E-state index contributed by atoms with van der Waals surface area (Å²) in [6.45, 7) is 3.57. The molecule has 0 aliphatic rings. The van der Waals surface area contributed by atoms with Crippen LogP contribution in [0.1, 0.15) is 25.8 Å². The van der Waals surface area contributed by atoms with Crippen molar-refractivity contribution in [1.82, 2.24) is 5.32 Å². The molecule has 0 saturated heterocycles. The molecule has 0 saturated carbocycles. The molecule has 0 spiro atoms. The molecule has 1 rings (SSSR count). The highest BCUT2D eigenvalue weighted by molar-refractivity contribution is 5.91. The topological polar surface area (TPSA) is 102 Å². The van der Waals surface area contributed by atoms with Crippen LogP contribution in [-0.2, 0) is 4.79 Å². The molecule has 0 fully saturated rings. The van der Waals surface area contributed by atoms with Crippen molar-refractivity contribution in [3.63, 3.8) is 0 Å². The molecule has 7 heteroatoms. The molecule has 6 nitrogen and oxygen atoms in total. The molecule has 0 aromatic heterocycles. The summed E-state index contributed by atoms with van der Waals surface area (Å²) < 4.78 is 13.0. The number of amides is 2. The second kappa shape index (κ2) is 7.24. The van der Waals surface area contributed by atoms with E-state index in [1.165, 1.54) is 6.07 Å². The van der Waals surface area contributed by atoms with Gasteiger partial charge < -0.3 is 15.7 Å². The highest BCUT2D eigenvalue weighted by atomic mass is 19.1. The number of anilines is 1. The molecule has 1 aromatic carbocycles. The van der Waals surface area contributed by atoms with E-state index in [1.54, 1.807) is 19.9 Å². The van der Waals surface area contributed by atoms with Gasteiger partial charge in [-0.15, -0.1) is 0 Å². The number of hydrogen-bond acceptors (Lipinski definition) is 3. The third kappa shape index (κ3) is 5.10. The summed E-state index contributed by atoms with van der Waals surface area (Å²) in [5.74, 6) is -1.67. The van der Waals surface area contributed by atoms with Crippen molar-refractivity contribution in [2.75, 3.05) is 5.32 Å². The average Bonchev–Trinajstić information content (AvgIpc) is 2.39. The van der Waals surface area contributed by atoms with Crippen LogP contribution in [0.4, 0.5) is 14.9 Å². The largest absolute Gasteiger partial charge is 0.481 e. The Hall–Kier alpha value is -2.62. The summed E-state index contributed by atoms with van der Waals surface area (Å²) in [7, 11) is 0. The number of urea groups is 1. The molecule has 21 heavy (non-hydrogen) atoms. The lowest BCUT2D eigenvalue weighted by Crippen LogP contribution is -2.42. The summed E-state index contributed by atoms with van der Waals surface area (Å²) in [6, 6.07) is 3.98. The standard InChI is InChI=1S/C14H16FN3O3/c1-8(2)12(6-13(19)20)18-14(21)17-11-4-3-10(15)5-9(11)7-16/h3-5,8,12H,6H2,1-2H3,(H,19,20)(H2,17,18,21). The van der Waals surface area contributed by atoms with E-state index in [4.69, 9.17) is 10.4 Å². The first-order valence-electron chi connectivity index (χ1n) is 6.32. The third-order valence-electron chi connectivity index (χ3n) is 2.87. The van der Waals surface area contributed by atoms with E-state index < -0.39 is 23.9 Å². The zero-order valence-electron chi connectivity index (χ0n) is 11.7. The van der Waals surface area contributed by atoms with Gasteiger partial charge in [0, 0.05) is 6.04 Å². The predicted molar refractivity (Wildman–Crippen MR) is 74.1 cm³/mol.